The first-order valence-electron chi connectivity index (χ1n) is 4.63. The highest BCUT2D eigenvalue weighted by Crippen LogP contribution is 2.14. The highest BCUT2D eigenvalue weighted by molar-refractivity contribution is 5.71. The molecule has 1 aromatic carbocycles. The Labute approximate surface area is 84.2 Å². The second-order valence-electron chi connectivity index (χ2n) is 3.10. The van der Waals surface area contributed by atoms with E-state index in [1.807, 2.05) is 24.3 Å². The Balaban J connectivity index is 2.72. The van der Waals surface area contributed by atoms with Gasteiger partial charge < -0.3 is 4.74 Å². The predicted molar refractivity (Wildman–Crippen MR) is 56.3 cm³/mol. The van der Waals surface area contributed by atoms with Crippen LogP contribution in [0.2, 0.25) is 0 Å². The number of carbonyl (C=O) groups excluding carboxylic acids is 1. The Morgan fingerprint density at radius 3 is 2.93 bits per heavy atom. The van der Waals surface area contributed by atoms with E-state index >= 15 is 0 Å². The lowest BCUT2D eigenvalue weighted by Gasteiger charge is -2.02. The zero-order chi connectivity index (χ0) is 10.4. The summed E-state index contributed by atoms with van der Waals surface area (Å²) < 4.78 is 5.31. The molecule has 0 saturated heterocycles. The van der Waals surface area contributed by atoms with Crippen LogP contribution in [0, 0.1) is 0 Å². The summed E-state index contributed by atoms with van der Waals surface area (Å²) in [7, 11) is 0. The van der Waals surface area contributed by atoms with Crippen LogP contribution in [-0.2, 0) is 11.2 Å². The minimum Gasteiger partial charge on any atom is -0.465 e. The van der Waals surface area contributed by atoms with Crippen LogP contribution in [0.4, 0.5) is 0 Å². The maximum atomic E-state index is 10.3. The van der Waals surface area contributed by atoms with Gasteiger partial charge in [0, 0.05) is 5.57 Å². The monoisotopic (exact) mass is 190 g/mol. The summed E-state index contributed by atoms with van der Waals surface area (Å²) in [6.45, 7) is 3.79. The third-order valence-electron chi connectivity index (χ3n) is 1.87. The number of hydrogen-bond acceptors (Lipinski definition) is 2. The smallest absolute Gasteiger partial charge is 0.148 e. The van der Waals surface area contributed by atoms with Crippen LogP contribution in [-0.4, -0.2) is 6.29 Å². The molecule has 0 atom stereocenters. The predicted octanol–water partition coefficient (Wildman–Crippen LogP) is 2.73. The summed E-state index contributed by atoms with van der Waals surface area (Å²) in [4.78, 5) is 10.3. The fraction of sp³-hybridized carbons (Fsp3) is 0.250. The van der Waals surface area contributed by atoms with Crippen LogP contribution in [0.25, 0.3) is 0 Å². The Bertz CT molecular complexity index is 340. The Morgan fingerprint density at radius 1 is 1.50 bits per heavy atom. The molecule has 0 aliphatic carbocycles. The lowest BCUT2D eigenvalue weighted by Crippen LogP contribution is -1.87. The lowest BCUT2D eigenvalue weighted by molar-refractivity contribution is -0.104. The quantitative estimate of drug-likeness (QED) is 0.414. The molecule has 0 radical (unpaired) electrons. The molecule has 0 saturated carbocycles. The van der Waals surface area contributed by atoms with Crippen LogP contribution < -0.4 is 4.74 Å². The van der Waals surface area contributed by atoms with Crippen molar-refractivity contribution in [1.82, 2.24) is 0 Å². The first-order chi connectivity index (χ1) is 6.76. The van der Waals surface area contributed by atoms with E-state index in [1.54, 1.807) is 6.92 Å². The Morgan fingerprint density at radius 2 is 2.29 bits per heavy atom. The molecule has 2 nitrogen and oxygen atoms in total. The van der Waals surface area contributed by atoms with E-state index in [0.29, 0.717) is 5.57 Å². The zero-order valence-electron chi connectivity index (χ0n) is 8.49. The summed E-state index contributed by atoms with van der Waals surface area (Å²) in [5.74, 6) is 0.769. The van der Waals surface area contributed by atoms with Crippen molar-refractivity contribution in [3.05, 3.63) is 41.7 Å². The maximum absolute atomic E-state index is 10.3. The molecule has 0 aromatic heterocycles. The molecule has 0 fully saturated rings. The van der Waals surface area contributed by atoms with Crippen LogP contribution >= 0.6 is 0 Å². The van der Waals surface area contributed by atoms with Gasteiger partial charge in [-0.05, 0) is 31.0 Å². The van der Waals surface area contributed by atoms with Gasteiger partial charge in [-0.2, -0.15) is 0 Å². The number of benzene rings is 1. The average molecular weight is 190 g/mol. The molecular formula is C12H14O2. The number of hydrogen-bond donors (Lipinski definition) is 0. The van der Waals surface area contributed by atoms with Crippen molar-refractivity contribution in [1.29, 1.82) is 0 Å². The van der Waals surface area contributed by atoms with Crippen molar-refractivity contribution < 1.29 is 9.53 Å². The largest absolute Gasteiger partial charge is 0.465 e. The van der Waals surface area contributed by atoms with Gasteiger partial charge in [-0.3, -0.25) is 4.79 Å². The van der Waals surface area contributed by atoms with E-state index in [-0.39, 0.29) is 0 Å². The summed E-state index contributed by atoms with van der Waals surface area (Å²) >= 11 is 0. The van der Waals surface area contributed by atoms with E-state index in [0.717, 1.165) is 18.5 Å². The minimum absolute atomic E-state index is 0.576. The third-order valence-corrected chi connectivity index (χ3v) is 1.87. The molecule has 0 heterocycles. The van der Waals surface area contributed by atoms with Gasteiger partial charge in [0.2, 0.25) is 0 Å². The fourth-order valence-corrected chi connectivity index (χ4v) is 1.03. The minimum atomic E-state index is 0.576. The van der Waals surface area contributed by atoms with E-state index in [4.69, 9.17) is 4.74 Å². The van der Waals surface area contributed by atoms with Crippen molar-refractivity contribution in [2.75, 3.05) is 0 Å². The maximum Gasteiger partial charge on any atom is 0.148 e. The second-order valence-corrected chi connectivity index (χ2v) is 3.10. The van der Waals surface area contributed by atoms with Gasteiger partial charge in [0.1, 0.15) is 12.0 Å². The number of carbonyl (C=O) groups is 1. The zero-order valence-corrected chi connectivity index (χ0v) is 8.49. The van der Waals surface area contributed by atoms with E-state index in [2.05, 4.69) is 6.92 Å². The molecule has 2 heteroatoms. The van der Waals surface area contributed by atoms with Gasteiger partial charge in [-0.1, -0.05) is 19.1 Å². The molecule has 0 bridgehead atoms. The van der Waals surface area contributed by atoms with Gasteiger partial charge in [0.15, 0.2) is 0 Å². The van der Waals surface area contributed by atoms with Gasteiger partial charge in [-0.25, -0.2) is 0 Å². The topological polar surface area (TPSA) is 26.3 Å². The van der Waals surface area contributed by atoms with Crippen LogP contribution in [0.15, 0.2) is 36.1 Å². The molecule has 0 N–H and O–H groups in total. The Hall–Kier alpha value is -1.57. The molecule has 1 rings (SSSR count). The summed E-state index contributed by atoms with van der Waals surface area (Å²) in [5.41, 5.74) is 1.80. The van der Waals surface area contributed by atoms with Crippen LogP contribution in [0.1, 0.15) is 19.4 Å². The highest BCUT2D eigenvalue weighted by atomic mass is 16.5. The van der Waals surface area contributed by atoms with Gasteiger partial charge in [0.25, 0.3) is 0 Å². The number of aryl methyl sites for hydroxylation is 1. The molecule has 14 heavy (non-hydrogen) atoms. The third kappa shape index (κ3) is 3.05. The lowest BCUT2D eigenvalue weighted by atomic mass is 10.2. The summed E-state index contributed by atoms with van der Waals surface area (Å²) in [6.07, 6.45) is 3.21. The van der Waals surface area contributed by atoms with E-state index in [9.17, 15) is 4.79 Å². The van der Waals surface area contributed by atoms with Crippen LogP contribution in [0.5, 0.6) is 5.75 Å². The van der Waals surface area contributed by atoms with E-state index < -0.39 is 0 Å². The number of ether oxygens (including phenoxy) is 1. The van der Waals surface area contributed by atoms with Gasteiger partial charge in [0.05, 0.1) is 6.26 Å². The highest BCUT2D eigenvalue weighted by Gasteiger charge is 1.93. The molecule has 0 amide bonds. The molecule has 1 aromatic rings. The van der Waals surface area contributed by atoms with Crippen molar-refractivity contribution in [3.8, 4) is 5.75 Å². The van der Waals surface area contributed by atoms with E-state index in [1.165, 1.54) is 11.8 Å². The van der Waals surface area contributed by atoms with Crippen molar-refractivity contribution in [3.63, 3.8) is 0 Å². The fourth-order valence-electron chi connectivity index (χ4n) is 1.03. The van der Waals surface area contributed by atoms with Gasteiger partial charge >= 0.3 is 0 Å². The normalized spacial score (nSPS) is 11.1. The van der Waals surface area contributed by atoms with Crippen molar-refractivity contribution >= 4 is 6.29 Å². The SMILES string of the molecule is CCc1cccc(O/C=C(\C)C=O)c1. The van der Waals surface area contributed by atoms with Crippen molar-refractivity contribution in [2.24, 2.45) is 0 Å². The number of rotatable bonds is 4. The molecule has 0 aliphatic rings. The average Bonchev–Trinajstić information content (AvgIpc) is 2.26. The molecular weight excluding hydrogens is 176 g/mol. The van der Waals surface area contributed by atoms with Crippen LogP contribution in [0.3, 0.4) is 0 Å². The number of allylic oxidation sites excluding steroid dienone is 1. The molecule has 0 unspecified atom stereocenters. The Kier molecular flexibility index (Phi) is 3.92. The van der Waals surface area contributed by atoms with Gasteiger partial charge in [-0.15, -0.1) is 0 Å². The first kappa shape index (κ1) is 10.5. The number of aldehydes is 1. The second kappa shape index (κ2) is 5.22. The first-order valence-corrected chi connectivity index (χ1v) is 4.63. The molecule has 0 spiro atoms. The summed E-state index contributed by atoms with van der Waals surface area (Å²) in [5, 5.41) is 0. The molecule has 74 valence electrons. The standard InChI is InChI=1S/C12H14O2/c1-3-11-5-4-6-12(7-11)14-9-10(2)8-13/h4-9H,3H2,1-2H3/b10-9+. The molecule has 0 aliphatic heterocycles. The summed E-state index contributed by atoms with van der Waals surface area (Å²) in [6, 6.07) is 7.82. The van der Waals surface area contributed by atoms with Crippen molar-refractivity contribution in [2.45, 2.75) is 20.3 Å².